The molecule has 1 N–H and O–H groups in total. The van der Waals surface area contributed by atoms with E-state index in [1.807, 2.05) is 36.4 Å². The SMILES string of the molecule is COc1ccc([C@@H]2CC(=O)Nc3ccccc32)cc1OC. The Bertz CT molecular complexity index is 681. The lowest BCUT2D eigenvalue weighted by molar-refractivity contribution is -0.116. The van der Waals surface area contributed by atoms with Crippen molar-refractivity contribution < 1.29 is 14.3 Å². The highest BCUT2D eigenvalue weighted by molar-refractivity contribution is 5.95. The third-order valence-corrected chi connectivity index (χ3v) is 3.81. The van der Waals surface area contributed by atoms with Gasteiger partial charge >= 0.3 is 0 Å². The molecule has 1 atom stereocenters. The molecule has 0 saturated carbocycles. The summed E-state index contributed by atoms with van der Waals surface area (Å²) in [5.74, 6) is 1.44. The Hall–Kier alpha value is -2.49. The Balaban J connectivity index is 2.06. The van der Waals surface area contributed by atoms with Crippen molar-refractivity contribution in [1.82, 2.24) is 0 Å². The summed E-state index contributed by atoms with van der Waals surface area (Å²) < 4.78 is 10.6. The van der Waals surface area contributed by atoms with E-state index in [0.29, 0.717) is 17.9 Å². The van der Waals surface area contributed by atoms with Gasteiger partial charge in [0.25, 0.3) is 0 Å². The first kappa shape index (κ1) is 13.5. The fourth-order valence-corrected chi connectivity index (χ4v) is 2.78. The predicted molar refractivity (Wildman–Crippen MR) is 81.1 cm³/mol. The van der Waals surface area contributed by atoms with E-state index in [-0.39, 0.29) is 11.8 Å². The molecule has 1 aliphatic rings. The molecule has 1 heterocycles. The molecule has 2 aromatic carbocycles. The summed E-state index contributed by atoms with van der Waals surface area (Å²) in [5, 5.41) is 2.92. The van der Waals surface area contributed by atoms with Gasteiger partial charge < -0.3 is 14.8 Å². The molecule has 1 aliphatic heterocycles. The molecule has 4 heteroatoms. The maximum absolute atomic E-state index is 11.9. The molecule has 0 bridgehead atoms. The minimum atomic E-state index is 0.0356. The summed E-state index contributed by atoms with van der Waals surface area (Å²) in [7, 11) is 3.23. The number of hydrogen-bond acceptors (Lipinski definition) is 3. The summed E-state index contributed by atoms with van der Waals surface area (Å²) in [4.78, 5) is 11.9. The van der Waals surface area contributed by atoms with Crippen LogP contribution in [0.15, 0.2) is 42.5 Å². The fraction of sp³-hybridized carbons (Fsp3) is 0.235. The number of methoxy groups -OCH3 is 2. The number of ether oxygens (including phenoxy) is 2. The van der Waals surface area contributed by atoms with Gasteiger partial charge in [0.15, 0.2) is 11.5 Å². The zero-order valence-electron chi connectivity index (χ0n) is 12.1. The van der Waals surface area contributed by atoms with Crippen LogP contribution >= 0.6 is 0 Å². The summed E-state index contributed by atoms with van der Waals surface area (Å²) >= 11 is 0. The molecule has 2 aromatic rings. The lowest BCUT2D eigenvalue weighted by Gasteiger charge is -2.26. The molecule has 0 aliphatic carbocycles. The first-order valence-corrected chi connectivity index (χ1v) is 6.83. The predicted octanol–water partition coefficient (Wildman–Crippen LogP) is 3.18. The second-order valence-corrected chi connectivity index (χ2v) is 5.01. The van der Waals surface area contributed by atoms with Crippen molar-refractivity contribution in [2.45, 2.75) is 12.3 Å². The monoisotopic (exact) mass is 283 g/mol. The summed E-state index contributed by atoms with van der Waals surface area (Å²) in [5.41, 5.74) is 3.06. The number of rotatable bonds is 3. The van der Waals surface area contributed by atoms with E-state index in [1.165, 1.54) is 0 Å². The standard InChI is InChI=1S/C17H17NO3/c1-20-15-8-7-11(9-16(15)21-2)13-10-17(19)18-14-6-4-3-5-12(13)14/h3-9,13H,10H2,1-2H3,(H,18,19)/t13-/m0/s1. The van der Waals surface area contributed by atoms with Crippen LogP contribution in [-0.4, -0.2) is 20.1 Å². The number of para-hydroxylation sites is 1. The second-order valence-electron chi connectivity index (χ2n) is 5.01. The van der Waals surface area contributed by atoms with Crippen LogP contribution in [-0.2, 0) is 4.79 Å². The number of nitrogens with one attached hydrogen (secondary N) is 1. The van der Waals surface area contributed by atoms with E-state index >= 15 is 0 Å². The van der Waals surface area contributed by atoms with E-state index in [9.17, 15) is 4.79 Å². The highest BCUT2D eigenvalue weighted by Crippen LogP contribution is 2.39. The molecule has 0 saturated heterocycles. The van der Waals surface area contributed by atoms with Crippen LogP contribution in [0.4, 0.5) is 5.69 Å². The Morgan fingerprint density at radius 2 is 1.81 bits per heavy atom. The largest absolute Gasteiger partial charge is 0.493 e. The molecule has 21 heavy (non-hydrogen) atoms. The Kier molecular flexibility index (Phi) is 3.52. The average molecular weight is 283 g/mol. The summed E-state index contributed by atoms with van der Waals surface area (Å²) in [6.07, 6.45) is 0.437. The van der Waals surface area contributed by atoms with Gasteiger partial charge in [-0.1, -0.05) is 24.3 Å². The van der Waals surface area contributed by atoms with E-state index in [1.54, 1.807) is 14.2 Å². The van der Waals surface area contributed by atoms with Crippen LogP contribution in [0.3, 0.4) is 0 Å². The Labute approximate surface area is 123 Å². The van der Waals surface area contributed by atoms with Crippen LogP contribution in [0.2, 0.25) is 0 Å². The number of benzene rings is 2. The van der Waals surface area contributed by atoms with Gasteiger partial charge in [-0.25, -0.2) is 0 Å². The van der Waals surface area contributed by atoms with Gasteiger partial charge in [0.2, 0.25) is 5.91 Å². The first-order valence-electron chi connectivity index (χ1n) is 6.83. The van der Waals surface area contributed by atoms with Crippen LogP contribution in [0.25, 0.3) is 0 Å². The molecule has 0 spiro atoms. The number of fused-ring (bicyclic) bond motifs is 1. The number of carbonyl (C=O) groups is 1. The average Bonchev–Trinajstić information content (AvgIpc) is 2.53. The van der Waals surface area contributed by atoms with Gasteiger partial charge in [-0.15, -0.1) is 0 Å². The molecular formula is C17H17NO3. The van der Waals surface area contributed by atoms with E-state index in [2.05, 4.69) is 11.4 Å². The van der Waals surface area contributed by atoms with Crippen molar-refractivity contribution in [3.8, 4) is 11.5 Å². The van der Waals surface area contributed by atoms with Crippen LogP contribution in [0.5, 0.6) is 11.5 Å². The van der Waals surface area contributed by atoms with Crippen molar-refractivity contribution in [1.29, 1.82) is 0 Å². The third-order valence-electron chi connectivity index (χ3n) is 3.81. The molecule has 0 unspecified atom stereocenters. The number of carbonyl (C=O) groups excluding carboxylic acids is 1. The fourth-order valence-electron chi connectivity index (χ4n) is 2.78. The van der Waals surface area contributed by atoms with Crippen molar-refractivity contribution in [3.63, 3.8) is 0 Å². The molecule has 0 fully saturated rings. The minimum absolute atomic E-state index is 0.0356. The molecule has 4 nitrogen and oxygen atoms in total. The van der Waals surface area contributed by atoms with Gasteiger partial charge in [-0.3, -0.25) is 4.79 Å². The summed E-state index contributed by atoms with van der Waals surface area (Å²) in [6, 6.07) is 13.7. The van der Waals surface area contributed by atoms with Crippen LogP contribution in [0.1, 0.15) is 23.5 Å². The Morgan fingerprint density at radius 1 is 1.05 bits per heavy atom. The van der Waals surface area contributed by atoms with Crippen LogP contribution < -0.4 is 14.8 Å². The molecule has 0 radical (unpaired) electrons. The van der Waals surface area contributed by atoms with Gasteiger partial charge in [0.1, 0.15) is 0 Å². The van der Waals surface area contributed by atoms with Gasteiger partial charge in [0, 0.05) is 18.0 Å². The van der Waals surface area contributed by atoms with Crippen LogP contribution in [0, 0.1) is 0 Å². The Morgan fingerprint density at radius 3 is 2.57 bits per heavy atom. The molecule has 1 amide bonds. The van der Waals surface area contributed by atoms with E-state index in [0.717, 1.165) is 16.8 Å². The number of anilines is 1. The normalized spacial score (nSPS) is 16.9. The molecule has 0 aromatic heterocycles. The van der Waals surface area contributed by atoms with Crippen molar-refractivity contribution in [2.24, 2.45) is 0 Å². The summed E-state index contributed by atoms with van der Waals surface area (Å²) in [6.45, 7) is 0. The van der Waals surface area contributed by atoms with Gasteiger partial charge in [0.05, 0.1) is 14.2 Å². The topological polar surface area (TPSA) is 47.6 Å². The molecule has 3 rings (SSSR count). The number of amides is 1. The third kappa shape index (κ3) is 2.44. The van der Waals surface area contributed by atoms with Crippen molar-refractivity contribution in [2.75, 3.05) is 19.5 Å². The lowest BCUT2D eigenvalue weighted by atomic mass is 9.85. The molecule has 108 valence electrons. The molecular weight excluding hydrogens is 266 g/mol. The van der Waals surface area contributed by atoms with Gasteiger partial charge in [-0.2, -0.15) is 0 Å². The first-order chi connectivity index (χ1) is 10.2. The maximum Gasteiger partial charge on any atom is 0.225 e. The lowest BCUT2D eigenvalue weighted by Crippen LogP contribution is -2.23. The minimum Gasteiger partial charge on any atom is -0.493 e. The quantitative estimate of drug-likeness (QED) is 0.941. The second kappa shape index (κ2) is 5.48. The smallest absolute Gasteiger partial charge is 0.225 e. The zero-order valence-corrected chi connectivity index (χ0v) is 12.1. The van der Waals surface area contributed by atoms with E-state index in [4.69, 9.17) is 9.47 Å². The zero-order chi connectivity index (χ0) is 14.8. The van der Waals surface area contributed by atoms with E-state index < -0.39 is 0 Å². The van der Waals surface area contributed by atoms with Crippen molar-refractivity contribution >= 4 is 11.6 Å². The highest BCUT2D eigenvalue weighted by Gasteiger charge is 2.26. The highest BCUT2D eigenvalue weighted by atomic mass is 16.5. The number of hydrogen-bond donors (Lipinski definition) is 1. The van der Waals surface area contributed by atoms with Crippen molar-refractivity contribution in [3.05, 3.63) is 53.6 Å². The van der Waals surface area contributed by atoms with Gasteiger partial charge in [-0.05, 0) is 29.3 Å². The maximum atomic E-state index is 11.9.